The third-order valence-corrected chi connectivity index (χ3v) is 5.24. The molecule has 7 nitrogen and oxygen atoms in total. The Bertz CT molecular complexity index is 1230. The van der Waals surface area contributed by atoms with Crippen molar-refractivity contribution in [3.05, 3.63) is 83.6 Å². The molecule has 8 heteroatoms. The monoisotopic (exact) mass is 431 g/mol. The van der Waals surface area contributed by atoms with E-state index in [2.05, 4.69) is 0 Å². The lowest BCUT2D eigenvalue weighted by Gasteiger charge is -2.34. The number of amides is 2. The van der Waals surface area contributed by atoms with E-state index < -0.39 is 17.8 Å². The van der Waals surface area contributed by atoms with E-state index in [1.165, 1.54) is 35.1 Å². The number of anilines is 1. The highest BCUT2D eigenvalue weighted by molar-refractivity contribution is 7.80. The quantitative estimate of drug-likeness (QED) is 0.358. The van der Waals surface area contributed by atoms with Crippen LogP contribution in [-0.4, -0.2) is 34.8 Å². The maximum Gasteiger partial charge on any atom is 0.270 e. The molecule has 1 fully saturated rings. The molecule has 1 aromatic heterocycles. The Morgan fingerprint density at radius 2 is 1.65 bits per heavy atom. The first kappa shape index (κ1) is 20.2. The van der Waals surface area contributed by atoms with E-state index in [1.54, 1.807) is 48.5 Å². The van der Waals surface area contributed by atoms with Gasteiger partial charge in [0, 0.05) is 12.6 Å². The van der Waals surface area contributed by atoms with Crippen LogP contribution in [-0.2, 0) is 9.59 Å². The first-order chi connectivity index (χ1) is 14.9. The molecule has 0 saturated carbocycles. The number of carbonyl (C=O) groups excluding carboxylic acids is 3. The van der Waals surface area contributed by atoms with Crippen LogP contribution in [0.5, 0.6) is 0 Å². The zero-order valence-corrected chi connectivity index (χ0v) is 17.1. The van der Waals surface area contributed by atoms with Crippen molar-refractivity contribution < 1.29 is 23.9 Å². The molecule has 0 spiro atoms. The third kappa shape index (κ3) is 3.76. The van der Waals surface area contributed by atoms with Gasteiger partial charge in [0.15, 0.2) is 5.11 Å². The first-order valence-corrected chi connectivity index (χ1v) is 9.62. The Balaban J connectivity index is 1.67. The summed E-state index contributed by atoms with van der Waals surface area (Å²) in [4.78, 5) is 39.2. The number of rotatable bonds is 4. The molecule has 1 aliphatic rings. The van der Waals surface area contributed by atoms with Gasteiger partial charge >= 0.3 is 0 Å². The molecule has 0 bridgehead atoms. The van der Waals surface area contributed by atoms with Crippen molar-refractivity contribution in [1.82, 2.24) is 4.90 Å². The number of nitrogens with zero attached hydrogens (tertiary/aromatic N) is 2. The number of hydrogen-bond acceptors (Lipinski definition) is 6. The average Bonchev–Trinajstić information content (AvgIpc) is 3.25. The van der Waals surface area contributed by atoms with Crippen LogP contribution in [0.3, 0.4) is 0 Å². The number of likely N-dealkylation sites (N-methyl/N-ethyl adjacent to an activating group) is 1. The summed E-state index contributed by atoms with van der Waals surface area (Å²) < 4.78 is 5.76. The molecule has 2 aromatic carbocycles. The van der Waals surface area contributed by atoms with E-state index >= 15 is 0 Å². The van der Waals surface area contributed by atoms with Crippen LogP contribution >= 0.6 is 12.2 Å². The van der Waals surface area contributed by atoms with Crippen LogP contribution in [0, 0.1) is 0 Å². The number of para-hydroxylation sites is 1. The molecule has 2 heterocycles. The first-order valence-electron chi connectivity index (χ1n) is 9.21. The van der Waals surface area contributed by atoms with Gasteiger partial charge in [-0.3, -0.25) is 19.4 Å². The van der Waals surface area contributed by atoms with Gasteiger partial charge < -0.3 is 14.3 Å². The highest BCUT2D eigenvalue weighted by atomic mass is 32.1. The lowest BCUT2D eigenvalue weighted by Crippen LogP contribution is -2.54. The fraction of sp³-hybridized carbons (Fsp3) is 0.0435. The Morgan fingerprint density at radius 3 is 2.29 bits per heavy atom. The minimum atomic E-state index is -1.27. The van der Waals surface area contributed by atoms with Gasteiger partial charge in [0.2, 0.25) is 0 Å². The molecule has 3 aromatic rings. The van der Waals surface area contributed by atoms with E-state index in [9.17, 15) is 19.5 Å². The molecular weight excluding hydrogens is 416 g/mol. The topological polar surface area (TPSA) is 93.9 Å². The number of aromatic carboxylic acids is 1. The van der Waals surface area contributed by atoms with E-state index in [0.717, 1.165) is 0 Å². The van der Waals surface area contributed by atoms with Gasteiger partial charge in [-0.1, -0.05) is 42.5 Å². The summed E-state index contributed by atoms with van der Waals surface area (Å²) in [7, 11) is 1.51. The largest absolute Gasteiger partial charge is 0.545 e. The average molecular weight is 431 g/mol. The SMILES string of the molecule is CN1C(=O)/C(=C\c2ccc(-c3ccc(C(=O)[O-])cc3)o2)C(=O)N(c2ccccc2)C1=S. The van der Waals surface area contributed by atoms with Gasteiger partial charge in [0.25, 0.3) is 11.8 Å². The van der Waals surface area contributed by atoms with Gasteiger partial charge in [0.1, 0.15) is 17.1 Å². The second-order valence-corrected chi connectivity index (χ2v) is 7.11. The van der Waals surface area contributed by atoms with Crippen molar-refractivity contribution in [1.29, 1.82) is 0 Å². The maximum absolute atomic E-state index is 13.1. The molecule has 0 radical (unpaired) electrons. The highest BCUT2D eigenvalue weighted by Crippen LogP contribution is 2.27. The minimum absolute atomic E-state index is 0.0519. The van der Waals surface area contributed by atoms with Gasteiger partial charge in [-0.05, 0) is 48.1 Å². The molecule has 0 atom stereocenters. The lowest BCUT2D eigenvalue weighted by molar-refractivity contribution is -0.255. The minimum Gasteiger partial charge on any atom is -0.545 e. The Morgan fingerprint density at radius 1 is 0.968 bits per heavy atom. The zero-order valence-electron chi connectivity index (χ0n) is 16.3. The summed E-state index contributed by atoms with van der Waals surface area (Å²) in [5, 5.41) is 11.0. The van der Waals surface area contributed by atoms with Gasteiger partial charge in [-0.25, -0.2) is 0 Å². The summed E-state index contributed by atoms with van der Waals surface area (Å²) in [6.07, 6.45) is 1.37. The summed E-state index contributed by atoms with van der Waals surface area (Å²) in [5.41, 5.74) is 1.15. The van der Waals surface area contributed by atoms with Crippen LogP contribution in [0.15, 0.2) is 76.7 Å². The van der Waals surface area contributed by atoms with Gasteiger partial charge in [-0.2, -0.15) is 0 Å². The molecule has 4 rings (SSSR count). The normalized spacial score (nSPS) is 15.6. The van der Waals surface area contributed by atoms with E-state index in [0.29, 0.717) is 22.8 Å². The number of furan rings is 1. The van der Waals surface area contributed by atoms with Crippen LogP contribution in [0.4, 0.5) is 5.69 Å². The van der Waals surface area contributed by atoms with Crippen molar-refractivity contribution in [2.45, 2.75) is 0 Å². The summed E-state index contributed by atoms with van der Waals surface area (Å²) >= 11 is 5.31. The Labute approximate surface area is 182 Å². The molecule has 154 valence electrons. The van der Waals surface area contributed by atoms with Gasteiger partial charge in [0.05, 0.1) is 11.7 Å². The van der Waals surface area contributed by atoms with E-state index in [-0.39, 0.29) is 16.2 Å². The number of thiocarbonyl (C=S) groups is 1. The van der Waals surface area contributed by atoms with Crippen LogP contribution in [0.1, 0.15) is 16.1 Å². The predicted molar refractivity (Wildman–Crippen MR) is 116 cm³/mol. The van der Waals surface area contributed by atoms with Crippen molar-refractivity contribution in [3.63, 3.8) is 0 Å². The van der Waals surface area contributed by atoms with Crippen molar-refractivity contribution in [2.24, 2.45) is 0 Å². The number of carbonyl (C=O) groups is 3. The smallest absolute Gasteiger partial charge is 0.270 e. The van der Waals surface area contributed by atoms with Crippen molar-refractivity contribution in [2.75, 3.05) is 11.9 Å². The number of benzene rings is 2. The molecule has 0 N–H and O–H groups in total. The number of hydrogen-bond donors (Lipinski definition) is 0. The molecule has 0 unspecified atom stereocenters. The molecule has 1 saturated heterocycles. The zero-order chi connectivity index (χ0) is 22.1. The highest BCUT2D eigenvalue weighted by Gasteiger charge is 2.38. The summed E-state index contributed by atoms with van der Waals surface area (Å²) in [5.74, 6) is -1.59. The van der Waals surface area contributed by atoms with Crippen LogP contribution in [0.25, 0.3) is 17.4 Å². The van der Waals surface area contributed by atoms with Crippen molar-refractivity contribution in [3.8, 4) is 11.3 Å². The fourth-order valence-corrected chi connectivity index (χ4v) is 3.41. The van der Waals surface area contributed by atoms with Crippen LogP contribution in [0.2, 0.25) is 0 Å². The molecular formula is C23H15N2O5S-. The van der Waals surface area contributed by atoms with E-state index in [4.69, 9.17) is 16.6 Å². The molecule has 2 amide bonds. The predicted octanol–water partition coefficient (Wildman–Crippen LogP) is 2.48. The second kappa shape index (κ2) is 8.00. The number of carboxylic acids is 1. The molecule has 1 aliphatic heterocycles. The van der Waals surface area contributed by atoms with Gasteiger partial charge in [-0.15, -0.1) is 0 Å². The van der Waals surface area contributed by atoms with E-state index in [1.807, 2.05) is 6.07 Å². The number of carboxylic acid groups (broad SMARTS) is 1. The summed E-state index contributed by atoms with van der Waals surface area (Å²) in [6, 6.07) is 18.1. The van der Waals surface area contributed by atoms with Crippen LogP contribution < -0.4 is 10.0 Å². The standard InChI is InChI=1S/C23H16N2O5S/c1-24-20(26)18(21(27)25(23(24)31)16-5-3-2-4-6-16)13-17-11-12-19(30-17)14-7-9-15(10-8-14)22(28)29/h2-13H,1H3,(H,28,29)/p-1/b18-13+. The summed E-state index contributed by atoms with van der Waals surface area (Å²) in [6.45, 7) is 0. The molecule has 0 aliphatic carbocycles. The fourth-order valence-electron chi connectivity index (χ4n) is 3.14. The second-order valence-electron chi connectivity index (χ2n) is 6.75. The lowest BCUT2D eigenvalue weighted by atomic mass is 10.1. The maximum atomic E-state index is 13.1. The van der Waals surface area contributed by atoms with Crippen molar-refractivity contribution >= 4 is 46.9 Å². The third-order valence-electron chi connectivity index (χ3n) is 4.78. The molecule has 31 heavy (non-hydrogen) atoms. The Hall–Kier alpha value is -4.04. The Kier molecular flexibility index (Phi) is 5.22.